The molecule has 0 spiro atoms. The number of hydrogen-bond donors (Lipinski definition) is 2. The zero-order valence-corrected chi connectivity index (χ0v) is 12.2. The van der Waals surface area contributed by atoms with Crippen LogP contribution in [0, 0.1) is 5.92 Å². The second-order valence-electron chi connectivity index (χ2n) is 5.60. The number of carbonyl (C=O) groups is 3. The van der Waals surface area contributed by atoms with Gasteiger partial charge in [-0.15, -0.1) is 0 Å². The van der Waals surface area contributed by atoms with E-state index in [0.29, 0.717) is 29.6 Å². The van der Waals surface area contributed by atoms with Gasteiger partial charge in [-0.25, -0.2) is 0 Å². The first-order valence-electron chi connectivity index (χ1n) is 7.16. The molecule has 22 heavy (non-hydrogen) atoms. The molecule has 1 aromatic carbocycles. The van der Waals surface area contributed by atoms with Crippen LogP contribution in [0.5, 0.6) is 5.75 Å². The molecule has 2 N–H and O–H groups in total. The summed E-state index contributed by atoms with van der Waals surface area (Å²) in [6, 6.07) is 4.97. The Labute approximate surface area is 127 Å². The van der Waals surface area contributed by atoms with Crippen LogP contribution in [0.25, 0.3) is 0 Å². The first-order chi connectivity index (χ1) is 10.5. The highest BCUT2D eigenvalue weighted by Gasteiger charge is 2.28. The highest BCUT2D eigenvalue weighted by molar-refractivity contribution is 6.39. The van der Waals surface area contributed by atoms with Gasteiger partial charge in [0.15, 0.2) is 12.4 Å². The third-order valence-corrected chi connectivity index (χ3v) is 3.65. The lowest BCUT2D eigenvalue weighted by Gasteiger charge is -2.21. The van der Waals surface area contributed by atoms with Crippen LogP contribution in [0.1, 0.15) is 12.8 Å². The molecule has 7 heteroatoms. The second-order valence-corrected chi connectivity index (χ2v) is 5.60. The summed E-state index contributed by atoms with van der Waals surface area (Å²) < 4.78 is 5.33. The average molecular weight is 303 g/mol. The molecular formula is C15H17N3O4. The van der Waals surface area contributed by atoms with Gasteiger partial charge in [0.1, 0.15) is 0 Å². The molecule has 3 amide bonds. The van der Waals surface area contributed by atoms with Crippen molar-refractivity contribution in [1.29, 1.82) is 0 Å². The fourth-order valence-electron chi connectivity index (χ4n) is 2.33. The maximum atomic E-state index is 12.1. The highest BCUT2D eigenvalue weighted by atomic mass is 16.5. The van der Waals surface area contributed by atoms with E-state index in [1.807, 2.05) is 0 Å². The molecule has 0 atom stereocenters. The van der Waals surface area contributed by atoms with E-state index in [-0.39, 0.29) is 12.5 Å². The molecule has 0 aromatic heterocycles. The van der Waals surface area contributed by atoms with Gasteiger partial charge in [0.25, 0.3) is 5.91 Å². The number of amides is 3. The van der Waals surface area contributed by atoms with Gasteiger partial charge < -0.3 is 20.3 Å². The van der Waals surface area contributed by atoms with Gasteiger partial charge in [-0.2, -0.15) is 0 Å². The number of hydrogen-bond acceptors (Lipinski definition) is 4. The number of nitrogens with zero attached hydrogens (tertiary/aromatic N) is 1. The Kier molecular flexibility index (Phi) is 3.70. The minimum atomic E-state index is -0.711. The Bertz CT molecular complexity index is 640. The van der Waals surface area contributed by atoms with Crippen molar-refractivity contribution in [2.75, 3.05) is 30.8 Å². The minimum absolute atomic E-state index is 0.116. The van der Waals surface area contributed by atoms with Crippen LogP contribution in [0.4, 0.5) is 11.4 Å². The molecule has 0 saturated heterocycles. The summed E-state index contributed by atoms with van der Waals surface area (Å²) in [5.74, 6) is -0.657. The maximum absolute atomic E-state index is 12.1. The molecule has 116 valence electrons. The summed E-state index contributed by atoms with van der Waals surface area (Å²) in [6.45, 7) is 0.487. The molecular weight excluding hydrogens is 286 g/mol. The number of ether oxygens (including phenoxy) is 1. The van der Waals surface area contributed by atoms with Gasteiger partial charge in [0.2, 0.25) is 0 Å². The predicted octanol–water partition coefficient (Wildman–Crippen LogP) is 0.824. The fraction of sp³-hybridized carbons (Fsp3) is 0.400. The van der Waals surface area contributed by atoms with Gasteiger partial charge in [0, 0.05) is 13.6 Å². The SMILES string of the molecule is CN(CC1CC1)C(=O)C(=O)Nc1cccc2c1OCC(=O)N2. The summed E-state index contributed by atoms with van der Waals surface area (Å²) in [5.41, 5.74) is 0.850. The molecule has 1 heterocycles. The Morgan fingerprint density at radius 2 is 2.18 bits per heavy atom. The monoisotopic (exact) mass is 303 g/mol. The number of nitrogens with one attached hydrogen (secondary N) is 2. The fourth-order valence-corrected chi connectivity index (χ4v) is 2.33. The molecule has 2 aliphatic rings. The van der Waals surface area contributed by atoms with Gasteiger partial charge in [0.05, 0.1) is 11.4 Å². The Morgan fingerprint density at radius 1 is 1.41 bits per heavy atom. The predicted molar refractivity (Wildman–Crippen MR) is 79.6 cm³/mol. The third kappa shape index (κ3) is 3.03. The lowest BCUT2D eigenvalue weighted by atomic mass is 10.2. The lowest BCUT2D eigenvalue weighted by Crippen LogP contribution is -2.38. The molecule has 1 aromatic rings. The van der Waals surface area contributed by atoms with Crippen LogP contribution < -0.4 is 15.4 Å². The van der Waals surface area contributed by atoms with Crippen LogP contribution in [0.3, 0.4) is 0 Å². The summed E-state index contributed by atoms with van der Waals surface area (Å²) in [5, 5.41) is 5.20. The second kappa shape index (κ2) is 5.67. The van der Waals surface area contributed by atoms with E-state index >= 15 is 0 Å². The minimum Gasteiger partial charge on any atom is -0.479 e. The first kappa shape index (κ1) is 14.4. The van der Waals surface area contributed by atoms with Crippen molar-refractivity contribution >= 4 is 29.1 Å². The molecule has 0 bridgehead atoms. The van der Waals surface area contributed by atoms with E-state index in [0.717, 1.165) is 12.8 Å². The van der Waals surface area contributed by atoms with E-state index in [2.05, 4.69) is 10.6 Å². The summed E-state index contributed by atoms with van der Waals surface area (Å²) in [6.07, 6.45) is 2.22. The third-order valence-electron chi connectivity index (χ3n) is 3.65. The van der Waals surface area contributed by atoms with Gasteiger partial charge >= 0.3 is 11.8 Å². The number of likely N-dealkylation sites (N-methyl/N-ethyl adjacent to an activating group) is 1. The number of fused-ring (bicyclic) bond motifs is 1. The van der Waals surface area contributed by atoms with E-state index < -0.39 is 11.8 Å². The molecule has 0 radical (unpaired) electrons. The average Bonchev–Trinajstić information content (AvgIpc) is 3.30. The zero-order valence-electron chi connectivity index (χ0n) is 12.2. The van der Waals surface area contributed by atoms with Gasteiger partial charge in [-0.05, 0) is 30.9 Å². The zero-order chi connectivity index (χ0) is 15.7. The van der Waals surface area contributed by atoms with E-state index in [1.165, 1.54) is 4.90 Å². The van der Waals surface area contributed by atoms with Crippen molar-refractivity contribution in [3.63, 3.8) is 0 Å². The summed E-state index contributed by atoms with van der Waals surface area (Å²) in [4.78, 5) is 36.8. The standard InChI is InChI=1S/C15H17N3O4/c1-18(7-9-5-6-9)15(21)14(20)17-11-4-2-3-10-13(11)22-8-12(19)16-10/h2-4,9H,5-8H2,1H3,(H,16,19)(H,17,20). The van der Waals surface area contributed by atoms with Crippen molar-refractivity contribution in [2.45, 2.75) is 12.8 Å². The quantitative estimate of drug-likeness (QED) is 0.809. The molecule has 1 aliphatic carbocycles. The number of anilines is 2. The molecule has 1 aliphatic heterocycles. The highest BCUT2D eigenvalue weighted by Crippen LogP contribution is 2.35. The van der Waals surface area contributed by atoms with Crippen LogP contribution in [-0.2, 0) is 14.4 Å². The summed E-state index contributed by atoms with van der Waals surface area (Å²) in [7, 11) is 1.62. The molecule has 3 rings (SSSR count). The van der Waals surface area contributed by atoms with Crippen molar-refractivity contribution in [3.8, 4) is 5.75 Å². The largest absolute Gasteiger partial charge is 0.479 e. The number of benzene rings is 1. The lowest BCUT2D eigenvalue weighted by molar-refractivity contribution is -0.142. The topological polar surface area (TPSA) is 87.7 Å². The molecule has 7 nitrogen and oxygen atoms in total. The van der Waals surface area contributed by atoms with Gasteiger partial charge in [-0.1, -0.05) is 6.07 Å². The van der Waals surface area contributed by atoms with Crippen LogP contribution >= 0.6 is 0 Å². The van der Waals surface area contributed by atoms with Crippen LogP contribution in [0.15, 0.2) is 18.2 Å². The molecule has 0 unspecified atom stereocenters. The van der Waals surface area contributed by atoms with E-state index in [4.69, 9.17) is 4.74 Å². The number of para-hydroxylation sites is 1. The van der Waals surface area contributed by atoms with Crippen molar-refractivity contribution in [2.24, 2.45) is 5.92 Å². The Morgan fingerprint density at radius 3 is 2.91 bits per heavy atom. The van der Waals surface area contributed by atoms with E-state index in [9.17, 15) is 14.4 Å². The molecule has 1 fully saturated rings. The summed E-state index contributed by atoms with van der Waals surface area (Å²) >= 11 is 0. The Balaban J connectivity index is 1.70. The van der Waals surface area contributed by atoms with Crippen LogP contribution in [0.2, 0.25) is 0 Å². The van der Waals surface area contributed by atoms with Crippen molar-refractivity contribution in [3.05, 3.63) is 18.2 Å². The smallest absolute Gasteiger partial charge is 0.313 e. The maximum Gasteiger partial charge on any atom is 0.313 e. The van der Waals surface area contributed by atoms with Gasteiger partial charge in [-0.3, -0.25) is 14.4 Å². The normalized spacial score (nSPS) is 16.1. The first-order valence-corrected chi connectivity index (χ1v) is 7.16. The molecule has 1 saturated carbocycles. The van der Waals surface area contributed by atoms with Crippen LogP contribution in [-0.4, -0.2) is 42.8 Å². The van der Waals surface area contributed by atoms with Crippen molar-refractivity contribution in [1.82, 2.24) is 4.90 Å². The van der Waals surface area contributed by atoms with Crippen molar-refractivity contribution < 1.29 is 19.1 Å². The van der Waals surface area contributed by atoms with E-state index in [1.54, 1.807) is 25.2 Å². The number of rotatable bonds is 3. The number of carbonyl (C=O) groups excluding carboxylic acids is 3. The Hall–Kier alpha value is -2.57.